The fraction of sp³-hybridized carbons (Fsp3) is 0.250. The topological polar surface area (TPSA) is 76.2 Å². The van der Waals surface area contributed by atoms with Gasteiger partial charge in [0.2, 0.25) is 0 Å². The highest BCUT2D eigenvalue weighted by molar-refractivity contribution is 7.98. The molecule has 0 atom stereocenters. The SMILES string of the molecule is Cc1noc(C)c1CSc1ccc(C(=O)O)cn1. The van der Waals surface area contributed by atoms with Crippen LogP contribution in [0.1, 0.15) is 27.4 Å². The van der Waals surface area contributed by atoms with Gasteiger partial charge in [0.05, 0.1) is 16.3 Å². The minimum Gasteiger partial charge on any atom is -0.478 e. The number of aromatic nitrogens is 2. The van der Waals surface area contributed by atoms with Crippen molar-refractivity contribution in [1.29, 1.82) is 0 Å². The van der Waals surface area contributed by atoms with Crippen LogP contribution in [0.4, 0.5) is 0 Å². The molecule has 0 amide bonds. The minimum absolute atomic E-state index is 0.191. The van der Waals surface area contributed by atoms with Crippen molar-refractivity contribution >= 4 is 17.7 Å². The molecule has 0 saturated carbocycles. The molecule has 0 aromatic carbocycles. The van der Waals surface area contributed by atoms with Gasteiger partial charge in [0.1, 0.15) is 5.76 Å². The molecule has 5 nitrogen and oxygen atoms in total. The zero-order chi connectivity index (χ0) is 13.1. The van der Waals surface area contributed by atoms with Gasteiger partial charge >= 0.3 is 5.97 Å². The van der Waals surface area contributed by atoms with Gasteiger partial charge in [0.25, 0.3) is 0 Å². The average Bonchev–Trinajstić information content (AvgIpc) is 2.67. The van der Waals surface area contributed by atoms with Gasteiger partial charge in [0, 0.05) is 17.5 Å². The molecule has 0 aliphatic rings. The summed E-state index contributed by atoms with van der Waals surface area (Å²) in [5, 5.41) is 13.4. The van der Waals surface area contributed by atoms with Gasteiger partial charge in [-0.1, -0.05) is 5.16 Å². The Hall–Kier alpha value is -1.82. The number of thioether (sulfide) groups is 1. The molecule has 0 unspecified atom stereocenters. The molecule has 6 heteroatoms. The summed E-state index contributed by atoms with van der Waals surface area (Å²) in [6, 6.07) is 3.25. The summed E-state index contributed by atoms with van der Waals surface area (Å²) in [7, 11) is 0. The maximum atomic E-state index is 10.7. The van der Waals surface area contributed by atoms with E-state index < -0.39 is 5.97 Å². The number of nitrogens with zero attached hydrogens (tertiary/aromatic N) is 2. The Morgan fingerprint density at radius 2 is 2.22 bits per heavy atom. The number of rotatable bonds is 4. The first kappa shape index (κ1) is 12.6. The van der Waals surface area contributed by atoms with Gasteiger partial charge < -0.3 is 9.63 Å². The highest BCUT2D eigenvalue weighted by Crippen LogP contribution is 2.24. The summed E-state index contributed by atoms with van der Waals surface area (Å²) in [5.41, 5.74) is 2.13. The van der Waals surface area contributed by atoms with Gasteiger partial charge in [-0.25, -0.2) is 9.78 Å². The summed E-state index contributed by atoms with van der Waals surface area (Å²) < 4.78 is 5.07. The van der Waals surface area contributed by atoms with Gasteiger partial charge in [0.15, 0.2) is 0 Å². The predicted octanol–water partition coefficient (Wildman–Crippen LogP) is 2.68. The third-order valence-corrected chi connectivity index (χ3v) is 3.50. The molecule has 2 rings (SSSR count). The van der Waals surface area contributed by atoms with Crippen molar-refractivity contribution in [3.8, 4) is 0 Å². The van der Waals surface area contributed by atoms with E-state index in [0.717, 1.165) is 22.0 Å². The molecule has 0 aliphatic heterocycles. The van der Waals surface area contributed by atoms with Crippen LogP contribution in [0.3, 0.4) is 0 Å². The number of carboxylic acid groups (broad SMARTS) is 1. The Balaban J connectivity index is 2.04. The molecule has 0 bridgehead atoms. The summed E-state index contributed by atoms with van der Waals surface area (Å²) in [5.74, 6) is 0.549. The van der Waals surface area contributed by atoms with Crippen molar-refractivity contribution in [2.45, 2.75) is 24.6 Å². The molecule has 1 N–H and O–H groups in total. The monoisotopic (exact) mass is 264 g/mol. The largest absolute Gasteiger partial charge is 0.478 e. The van der Waals surface area contributed by atoms with Crippen LogP contribution in [0.5, 0.6) is 0 Å². The average molecular weight is 264 g/mol. The molecule has 2 aromatic rings. The summed E-state index contributed by atoms with van der Waals surface area (Å²) in [6.07, 6.45) is 1.36. The first-order chi connectivity index (χ1) is 8.58. The molecule has 0 radical (unpaired) electrons. The Bertz CT molecular complexity index is 544. The summed E-state index contributed by atoms with van der Waals surface area (Å²) in [4.78, 5) is 14.8. The summed E-state index contributed by atoms with van der Waals surface area (Å²) >= 11 is 1.52. The normalized spacial score (nSPS) is 10.6. The second kappa shape index (κ2) is 5.22. The van der Waals surface area contributed by atoms with E-state index in [1.54, 1.807) is 12.1 Å². The van der Waals surface area contributed by atoms with E-state index in [1.807, 2.05) is 13.8 Å². The molecular weight excluding hydrogens is 252 g/mol. The maximum Gasteiger partial charge on any atom is 0.337 e. The highest BCUT2D eigenvalue weighted by atomic mass is 32.2. The molecule has 2 heterocycles. The minimum atomic E-state index is -0.968. The van der Waals surface area contributed by atoms with Crippen molar-refractivity contribution in [1.82, 2.24) is 10.1 Å². The lowest BCUT2D eigenvalue weighted by Crippen LogP contribution is -1.96. The van der Waals surface area contributed by atoms with Gasteiger partial charge in [-0.2, -0.15) is 0 Å². The standard InChI is InChI=1S/C12H12N2O3S/c1-7-10(8(2)17-14-7)6-18-11-4-3-9(5-13-11)12(15)16/h3-5H,6H2,1-2H3,(H,15,16). The first-order valence-corrected chi connectivity index (χ1v) is 6.30. The molecule has 2 aromatic heterocycles. The van der Waals surface area contributed by atoms with Crippen LogP contribution in [0.25, 0.3) is 0 Å². The number of pyridine rings is 1. The number of hydrogen-bond donors (Lipinski definition) is 1. The molecule has 0 saturated heterocycles. The number of carbonyl (C=O) groups is 1. The van der Waals surface area contributed by atoms with Crippen LogP contribution in [-0.4, -0.2) is 21.2 Å². The van der Waals surface area contributed by atoms with Gasteiger partial charge in [-0.15, -0.1) is 11.8 Å². The van der Waals surface area contributed by atoms with Crippen molar-refractivity contribution in [3.05, 3.63) is 40.9 Å². The third kappa shape index (κ3) is 2.70. The van der Waals surface area contributed by atoms with Crippen LogP contribution in [-0.2, 0) is 5.75 Å². The lowest BCUT2D eigenvalue weighted by Gasteiger charge is -2.01. The van der Waals surface area contributed by atoms with Crippen LogP contribution in [0.15, 0.2) is 27.9 Å². The van der Waals surface area contributed by atoms with Gasteiger partial charge in [-0.3, -0.25) is 0 Å². The second-order valence-electron chi connectivity index (χ2n) is 3.78. The van der Waals surface area contributed by atoms with Crippen molar-refractivity contribution in [3.63, 3.8) is 0 Å². The van der Waals surface area contributed by atoms with Crippen LogP contribution in [0.2, 0.25) is 0 Å². The first-order valence-electron chi connectivity index (χ1n) is 5.32. The van der Waals surface area contributed by atoms with Gasteiger partial charge in [-0.05, 0) is 26.0 Å². The van der Waals surface area contributed by atoms with E-state index in [2.05, 4.69) is 10.1 Å². The lowest BCUT2D eigenvalue weighted by molar-refractivity contribution is 0.0696. The fourth-order valence-corrected chi connectivity index (χ4v) is 2.44. The number of hydrogen-bond acceptors (Lipinski definition) is 5. The van der Waals surface area contributed by atoms with E-state index >= 15 is 0 Å². The Kier molecular flexibility index (Phi) is 3.66. The molecule has 0 spiro atoms. The summed E-state index contributed by atoms with van der Waals surface area (Å²) in [6.45, 7) is 3.77. The van der Waals surface area contributed by atoms with E-state index in [0.29, 0.717) is 5.75 Å². The van der Waals surface area contributed by atoms with E-state index in [-0.39, 0.29) is 5.56 Å². The smallest absolute Gasteiger partial charge is 0.337 e. The molecule has 18 heavy (non-hydrogen) atoms. The zero-order valence-corrected chi connectivity index (χ0v) is 10.8. The van der Waals surface area contributed by atoms with Crippen molar-refractivity contribution in [2.75, 3.05) is 0 Å². The van der Waals surface area contributed by atoms with Crippen molar-refractivity contribution in [2.24, 2.45) is 0 Å². The lowest BCUT2D eigenvalue weighted by atomic mass is 10.2. The Morgan fingerprint density at radius 1 is 1.44 bits per heavy atom. The molecular formula is C12H12N2O3S. The van der Waals surface area contributed by atoms with Crippen LogP contribution in [0, 0.1) is 13.8 Å². The Labute approximate surface area is 108 Å². The maximum absolute atomic E-state index is 10.7. The predicted molar refractivity (Wildman–Crippen MR) is 66.7 cm³/mol. The Morgan fingerprint density at radius 3 is 2.72 bits per heavy atom. The quantitative estimate of drug-likeness (QED) is 0.855. The van der Waals surface area contributed by atoms with E-state index in [1.165, 1.54) is 18.0 Å². The molecule has 0 fully saturated rings. The van der Waals surface area contributed by atoms with Crippen LogP contribution < -0.4 is 0 Å². The highest BCUT2D eigenvalue weighted by Gasteiger charge is 2.10. The second-order valence-corrected chi connectivity index (χ2v) is 4.78. The third-order valence-electron chi connectivity index (χ3n) is 2.53. The van der Waals surface area contributed by atoms with E-state index in [4.69, 9.17) is 9.63 Å². The number of carboxylic acids is 1. The number of aryl methyl sites for hydroxylation is 2. The number of aromatic carboxylic acids is 1. The zero-order valence-electron chi connectivity index (χ0n) is 10.0. The van der Waals surface area contributed by atoms with Crippen molar-refractivity contribution < 1.29 is 14.4 Å². The molecule has 94 valence electrons. The van der Waals surface area contributed by atoms with E-state index in [9.17, 15) is 4.79 Å². The van der Waals surface area contributed by atoms with Crippen LogP contribution >= 0.6 is 11.8 Å². The molecule has 0 aliphatic carbocycles. The fourth-order valence-electron chi connectivity index (χ4n) is 1.45.